The van der Waals surface area contributed by atoms with E-state index in [9.17, 15) is 0 Å². The maximum Gasteiger partial charge on any atom is 0.123 e. The zero-order chi connectivity index (χ0) is 24.1. The predicted molar refractivity (Wildman–Crippen MR) is 142 cm³/mol. The topological polar surface area (TPSA) is 84.7 Å². The van der Waals surface area contributed by atoms with Gasteiger partial charge in [-0.3, -0.25) is 4.90 Å². The highest BCUT2D eigenvalue weighted by molar-refractivity contribution is 5.77. The standard InChI is InChI=1S/C29H33N7/c1-36-16-20-12-18(26-14-32-28(34-26)24-4-2-10-30-24)6-8-22(20)23-9-7-19(13-21(23)17-36)27-15-33-29(35-27)25-5-3-11-31-25/h6-9,12-15,24-25,30-31H,2-5,10-11,16-17H2,1H3,(H,32,34)(H,33,35)/t24-,25-/m0/s1. The first kappa shape index (κ1) is 22.0. The Morgan fingerprint density at radius 2 is 1.22 bits per heavy atom. The Kier molecular flexibility index (Phi) is 5.49. The van der Waals surface area contributed by atoms with Crippen molar-refractivity contribution in [2.75, 3.05) is 20.1 Å². The molecule has 7 heteroatoms. The Bertz CT molecular complexity index is 1280. The van der Waals surface area contributed by atoms with E-state index in [1.165, 1.54) is 46.2 Å². The van der Waals surface area contributed by atoms with Gasteiger partial charge in [-0.1, -0.05) is 24.3 Å². The fourth-order valence-corrected chi connectivity index (χ4v) is 6.10. The molecule has 3 aliphatic heterocycles. The third-order valence-electron chi connectivity index (χ3n) is 7.97. The summed E-state index contributed by atoms with van der Waals surface area (Å²) in [5.74, 6) is 2.11. The van der Waals surface area contributed by atoms with Crippen LogP contribution in [0.1, 0.15) is 60.5 Å². The van der Waals surface area contributed by atoms with Crippen LogP contribution in [-0.4, -0.2) is 45.0 Å². The fraction of sp³-hybridized carbons (Fsp3) is 0.379. The van der Waals surface area contributed by atoms with Crippen molar-refractivity contribution >= 4 is 0 Å². The zero-order valence-corrected chi connectivity index (χ0v) is 20.8. The molecule has 4 aromatic rings. The van der Waals surface area contributed by atoms with Gasteiger partial charge in [0, 0.05) is 13.1 Å². The molecule has 4 N–H and O–H groups in total. The summed E-state index contributed by atoms with van der Waals surface area (Å²) in [6, 6.07) is 14.4. The molecule has 2 aromatic heterocycles. The van der Waals surface area contributed by atoms with Gasteiger partial charge in [0.15, 0.2) is 0 Å². The Morgan fingerprint density at radius 1 is 0.722 bits per heavy atom. The molecule has 7 nitrogen and oxygen atoms in total. The second-order valence-electron chi connectivity index (χ2n) is 10.6. The first-order valence-electron chi connectivity index (χ1n) is 13.2. The number of H-pyrrole nitrogens is 2. The van der Waals surface area contributed by atoms with Crippen molar-refractivity contribution in [2.45, 2.75) is 50.9 Å². The molecule has 3 aliphatic rings. The van der Waals surface area contributed by atoms with Crippen molar-refractivity contribution in [3.05, 3.63) is 71.6 Å². The van der Waals surface area contributed by atoms with Crippen molar-refractivity contribution < 1.29 is 0 Å². The number of nitrogens with one attached hydrogen (secondary N) is 4. The van der Waals surface area contributed by atoms with Gasteiger partial charge in [-0.05, 0) is 91.3 Å². The van der Waals surface area contributed by atoms with E-state index in [0.717, 1.165) is 62.1 Å². The highest BCUT2D eigenvalue weighted by atomic mass is 15.1. The lowest BCUT2D eigenvalue weighted by molar-refractivity contribution is 0.323. The number of aromatic amines is 2. The minimum Gasteiger partial charge on any atom is -0.341 e. The summed E-state index contributed by atoms with van der Waals surface area (Å²) >= 11 is 0. The minimum atomic E-state index is 0.354. The lowest BCUT2D eigenvalue weighted by Gasteiger charge is -2.15. The average molecular weight is 480 g/mol. The third kappa shape index (κ3) is 3.97. The number of rotatable bonds is 4. The molecule has 5 heterocycles. The Morgan fingerprint density at radius 3 is 1.67 bits per heavy atom. The molecule has 2 atom stereocenters. The molecule has 0 unspecified atom stereocenters. The molecule has 36 heavy (non-hydrogen) atoms. The summed E-state index contributed by atoms with van der Waals surface area (Å²) in [5, 5.41) is 7.07. The Labute approximate surface area is 211 Å². The van der Waals surface area contributed by atoms with Gasteiger partial charge in [-0.25, -0.2) is 9.97 Å². The van der Waals surface area contributed by atoms with Crippen LogP contribution < -0.4 is 10.6 Å². The number of nitrogens with zero attached hydrogens (tertiary/aromatic N) is 3. The van der Waals surface area contributed by atoms with Gasteiger partial charge in [-0.2, -0.15) is 0 Å². The molecule has 2 fully saturated rings. The summed E-state index contributed by atoms with van der Waals surface area (Å²) in [7, 11) is 2.21. The zero-order valence-electron chi connectivity index (χ0n) is 20.8. The van der Waals surface area contributed by atoms with Gasteiger partial charge in [-0.15, -0.1) is 0 Å². The summed E-state index contributed by atoms with van der Waals surface area (Å²) in [6.07, 6.45) is 8.70. The number of hydrogen-bond donors (Lipinski definition) is 4. The largest absolute Gasteiger partial charge is 0.341 e. The van der Waals surface area contributed by atoms with Crippen molar-refractivity contribution in [1.82, 2.24) is 35.5 Å². The van der Waals surface area contributed by atoms with E-state index in [4.69, 9.17) is 0 Å². The van der Waals surface area contributed by atoms with Gasteiger partial charge in [0.2, 0.25) is 0 Å². The second kappa shape index (κ2) is 9.00. The van der Waals surface area contributed by atoms with Crippen molar-refractivity contribution in [2.24, 2.45) is 0 Å². The molecule has 0 aliphatic carbocycles. The molecule has 0 saturated carbocycles. The molecule has 2 aromatic carbocycles. The summed E-state index contributed by atoms with van der Waals surface area (Å²) in [4.78, 5) is 18.9. The van der Waals surface area contributed by atoms with Crippen LogP contribution in [0.5, 0.6) is 0 Å². The maximum absolute atomic E-state index is 4.68. The smallest absolute Gasteiger partial charge is 0.123 e. The van der Waals surface area contributed by atoms with E-state index in [0.29, 0.717) is 12.1 Å². The van der Waals surface area contributed by atoms with Crippen LogP contribution in [0, 0.1) is 0 Å². The van der Waals surface area contributed by atoms with E-state index in [1.807, 2.05) is 12.4 Å². The molecular formula is C29H33N7. The van der Waals surface area contributed by atoms with Crippen LogP contribution in [0.3, 0.4) is 0 Å². The van der Waals surface area contributed by atoms with Crippen molar-refractivity contribution in [3.8, 4) is 33.6 Å². The molecule has 2 saturated heterocycles. The lowest BCUT2D eigenvalue weighted by Crippen LogP contribution is -2.15. The van der Waals surface area contributed by atoms with E-state index in [2.05, 4.69) is 78.9 Å². The van der Waals surface area contributed by atoms with Crippen molar-refractivity contribution in [1.29, 1.82) is 0 Å². The maximum atomic E-state index is 4.68. The first-order chi connectivity index (χ1) is 17.7. The van der Waals surface area contributed by atoms with Crippen LogP contribution in [0.4, 0.5) is 0 Å². The van der Waals surface area contributed by atoms with E-state index < -0.39 is 0 Å². The van der Waals surface area contributed by atoms with Gasteiger partial charge >= 0.3 is 0 Å². The second-order valence-corrected chi connectivity index (χ2v) is 10.6. The van der Waals surface area contributed by atoms with Gasteiger partial charge < -0.3 is 20.6 Å². The monoisotopic (exact) mass is 479 g/mol. The number of aromatic nitrogens is 4. The summed E-state index contributed by atoms with van der Waals surface area (Å²) in [6.45, 7) is 3.98. The quantitative estimate of drug-likeness (QED) is 0.334. The van der Waals surface area contributed by atoms with Crippen LogP contribution >= 0.6 is 0 Å². The summed E-state index contributed by atoms with van der Waals surface area (Å²) in [5.41, 5.74) is 9.94. The van der Waals surface area contributed by atoms with Gasteiger partial charge in [0.05, 0.1) is 35.9 Å². The minimum absolute atomic E-state index is 0.354. The number of hydrogen-bond acceptors (Lipinski definition) is 5. The predicted octanol–water partition coefficient (Wildman–Crippen LogP) is 4.93. The number of fused-ring (bicyclic) bond motifs is 3. The summed E-state index contributed by atoms with van der Waals surface area (Å²) < 4.78 is 0. The van der Waals surface area contributed by atoms with Crippen LogP contribution in [-0.2, 0) is 13.1 Å². The lowest BCUT2D eigenvalue weighted by atomic mass is 9.93. The first-order valence-corrected chi connectivity index (χ1v) is 13.2. The van der Waals surface area contributed by atoms with Crippen LogP contribution in [0.15, 0.2) is 48.8 Å². The van der Waals surface area contributed by atoms with Crippen LogP contribution in [0.2, 0.25) is 0 Å². The molecule has 184 valence electrons. The normalized spacial score (nSPS) is 21.9. The van der Waals surface area contributed by atoms with Gasteiger partial charge in [0.25, 0.3) is 0 Å². The SMILES string of the molecule is CN1Cc2cc(-c3cnc([C@@H]4CCCN4)[nH]3)ccc2-c2ccc(-c3cnc([C@@H]4CCCN4)[nH]3)cc2C1. The Balaban J connectivity index is 1.20. The third-order valence-corrected chi connectivity index (χ3v) is 7.97. The fourth-order valence-electron chi connectivity index (χ4n) is 6.10. The van der Waals surface area contributed by atoms with E-state index in [-0.39, 0.29) is 0 Å². The number of benzene rings is 2. The molecule has 0 radical (unpaired) electrons. The van der Waals surface area contributed by atoms with Crippen LogP contribution in [0.25, 0.3) is 33.6 Å². The van der Waals surface area contributed by atoms with E-state index >= 15 is 0 Å². The number of imidazole rings is 2. The van der Waals surface area contributed by atoms with Gasteiger partial charge in [0.1, 0.15) is 11.6 Å². The Hall–Kier alpha value is -3.26. The average Bonchev–Trinajstić information content (AvgIpc) is 3.69. The molecule has 0 amide bonds. The highest BCUT2D eigenvalue weighted by Crippen LogP contribution is 2.37. The molecule has 0 spiro atoms. The molecular weight excluding hydrogens is 446 g/mol. The van der Waals surface area contributed by atoms with Crippen molar-refractivity contribution in [3.63, 3.8) is 0 Å². The molecule has 0 bridgehead atoms. The molecule has 7 rings (SSSR count). The highest BCUT2D eigenvalue weighted by Gasteiger charge is 2.23. The van der Waals surface area contributed by atoms with E-state index in [1.54, 1.807) is 0 Å².